The molecule has 0 saturated heterocycles. The first-order chi connectivity index (χ1) is 8.51. The lowest BCUT2D eigenvalue weighted by atomic mass is 9.89. The van der Waals surface area contributed by atoms with Crippen molar-refractivity contribution in [1.82, 2.24) is 9.97 Å². The van der Waals surface area contributed by atoms with Gasteiger partial charge in [-0.25, -0.2) is 10.8 Å². The maximum Gasteiger partial charge on any atom is 0.332 e. The zero-order chi connectivity index (χ0) is 13.3. The maximum atomic E-state index is 11.0. The van der Waals surface area contributed by atoms with Gasteiger partial charge in [-0.3, -0.25) is 15.5 Å². The second-order valence-corrected chi connectivity index (χ2v) is 4.20. The third-order valence-corrected chi connectivity index (χ3v) is 2.82. The van der Waals surface area contributed by atoms with E-state index in [4.69, 9.17) is 5.84 Å². The molecule has 9 heteroatoms. The first-order valence-corrected chi connectivity index (χ1v) is 5.45. The summed E-state index contributed by atoms with van der Waals surface area (Å²) < 4.78 is 0. The van der Waals surface area contributed by atoms with Crippen molar-refractivity contribution in [1.29, 1.82) is 0 Å². The molecular weight excluding hydrogens is 240 g/mol. The van der Waals surface area contributed by atoms with E-state index in [1.165, 1.54) is 6.92 Å². The maximum absolute atomic E-state index is 11.0. The number of hydrogen-bond donors (Lipinski definition) is 4. The highest BCUT2D eigenvalue weighted by Gasteiger charge is 2.31. The SMILES string of the molecule is Cc1nc(NN)nc(NC2CC(O)C2)c1[N+](=O)[O-]. The number of hydrogen-bond acceptors (Lipinski definition) is 8. The Morgan fingerprint density at radius 3 is 2.67 bits per heavy atom. The fourth-order valence-electron chi connectivity index (χ4n) is 1.85. The quantitative estimate of drug-likeness (QED) is 0.332. The number of nitrogens with zero attached hydrogens (tertiary/aromatic N) is 3. The van der Waals surface area contributed by atoms with Crippen molar-refractivity contribution in [3.8, 4) is 0 Å². The molecule has 0 radical (unpaired) electrons. The minimum absolute atomic E-state index is 0.0152. The van der Waals surface area contributed by atoms with Gasteiger partial charge < -0.3 is 10.4 Å². The number of hydrazine groups is 1. The molecule has 1 saturated carbocycles. The Morgan fingerprint density at radius 1 is 1.50 bits per heavy atom. The van der Waals surface area contributed by atoms with Crippen molar-refractivity contribution >= 4 is 17.5 Å². The van der Waals surface area contributed by atoms with E-state index in [0.29, 0.717) is 12.8 Å². The van der Waals surface area contributed by atoms with Gasteiger partial charge in [-0.05, 0) is 19.8 Å². The number of nitrogen functional groups attached to an aromatic ring is 1. The molecular formula is C9H14N6O3. The Bertz CT molecular complexity index is 474. The van der Waals surface area contributed by atoms with Crippen molar-refractivity contribution in [2.75, 3.05) is 10.7 Å². The van der Waals surface area contributed by atoms with Crippen LogP contribution in [0.2, 0.25) is 0 Å². The molecule has 0 aliphatic heterocycles. The minimum atomic E-state index is -0.535. The number of aromatic nitrogens is 2. The number of aliphatic hydroxyl groups is 1. The second-order valence-electron chi connectivity index (χ2n) is 4.20. The van der Waals surface area contributed by atoms with Crippen molar-refractivity contribution in [2.45, 2.75) is 31.9 Å². The van der Waals surface area contributed by atoms with Crippen LogP contribution in [0.1, 0.15) is 18.5 Å². The Labute approximate surface area is 103 Å². The summed E-state index contributed by atoms with van der Waals surface area (Å²) in [6, 6.07) is -0.0152. The summed E-state index contributed by atoms with van der Waals surface area (Å²) in [4.78, 5) is 18.2. The van der Waals surface area contributed by atoms with E-state index in [0.717, 1.165) is 0 Å². The molecule has 98 valence electrons. The van der Waals surface area contributed by atoms with Gasteiger partial charge in [0.25, 0.3) is 0 Å². The summed E-state index contributed by atoms with van der Waals surface area (Å²) in [5, 5.41) is 23.1. The van der Waals surface area contributed by atoms with Crippen molar-refractivity contribution < 1.29 is 10.0 Å². The summed E-state index contributed by atoms with van der Waals surface area (Å²) in [5.74, 6) is 5.43. The van der Waals surface area contributed by atoms with E-state index < -0.39 is 4.92 Å². The monoisotopic (exact) mass is 254 g/mol. The number of anilines is 2. The molecule has 0 amide bonds. The van der Waals surface area contributed by atoms with Gasteiger partial charge >= 0.3 is 5.69 Å². The average molecular weight is 254 g/mol. The molecule has 1 aromatic heterocycles. The van der Waals surface area contributed by atoms with Crippen LogP contribution in [0.4, 0.5) is 17.5 Å². The van der Waals surface area contributed by atoms with Crippen LogP contribution in [0.25, 0.3) is 0 Å². The zero-order valence-electron chi connectivity index (χ0n) is 9.75. The average Bonchev–Trinajstić information content (AvgIpc) is 2.25. The van der Waals surface area contributed by atoms with Crippen LogP contribution in [-0.4, -0.2) is 32.1 Å². The molecule has 18 heavy (non-hydrogen) atoms. The molecule has 1 fully saturated rings. The van der Waals surface area contributed by atoms with E-state index in [2.05, 4.69) is 20.7 Å². The van der Waals surface area contributed by atoms with Gasteiger partial charge in [0.05, 0.1) is 11.0 Å². The van der Waals surface area contributed by atoms with Gasteiger partial charge in [0.15, 0.2) is 0 Å². The Hall–Kier alpha value is -2.00. The van der Waals surface area contributed by atoms with E-state index in [1.54, 1.807) is 0 Å². The number of rotatable bonds is 4. The highest BCUT2D eigenvalue weighted by atomic mass is 16.6. The fraction of sp³-hybridized carbons (Fsp3) is 0.556. The van der Waals surface area contributed by atoms with Crippen LogP contribution in [0.3, 0.4) is 0 Å². The predicted octanol–water partition coefficient (Wildman–Crippen LogP) is -0.0860. The third kappa shape index (κ3) is 2.31. The molecule has 0 atom stereocenters. The van der Waals surface area contributed by atoms with Crippen LogP contribution in [0.15, 0.2) is 0 Å². The smallest absolute Gasteiger partial charge is 0.332 e. The van der Waals surface area contributed by atoms with Gasteiger partial charge in [-0.15, -0.1) is 0 Å². The normalized spacial score (nSPS) is 22.2. The molecule has 0 spiro atoms. The Kier molecular flexibility index (Phi) is 3.26. The number of nitro groups is 1. The zero-order valence-corrected chi connectivity index (χ0v) is 9.75. The van der Waals surface area contributed by atoms with Crippen molar-refractivity contribution in [3.63, 3.8) is 0 Å². The third-order valence-electron chi connectivity index (χ3n) is 2.82. The number of aliphatic hydroxyl groups excluding tert-OH is 1. The van der Waals surface area contributed by atoms with Gasteiger partial charge in [0, 0.05) is 6.04 Å². The van der Waals surface area contributed by atoms with Crippen molar-refractivity contribution in [3.05, 3.63) is 15.8 Å². The summed E-state index contributed by atoms with van der Waals surface area (Å²) >= 11 is 0. The molecule has 9 nitrogen and oxygen atoms in total. The summed E-state index contributed by atoms with van der Waals surface area (Å²) in [7, 11) is 0. The number of aryl methyl sites for hydroxylation is 1. The second kappa shape index (κ2) is 4.70. The predicted molar refractivity (Wildman–Crippen MR) is 63.9 cm³/mol. The number of nitrogens with one attached hydrogen (secondary N) is 2. The van der Waals surface area contributed by atoms with E-state index in [1.807, 2.05) is 0 Å². The molecule has 1 heterocycles. The van der Waals surface area contributed by atoms with E-state index in [9.17, 15) is 15.2 Å². The molecule has 1 aliphatic carbocycles. The van der Waals surface area contributed by atoms with Gasteiger partial charge in [0.2, 0.25) is 11.8 Å². The summed E-state index contributed by atoms with van der Waals surface area (Å²) in [6.07, 6.45) is 0.744. The van der Waals surface area contributed by atoms with Gasteiger partial charge in [-0.1, -0.05) is 0 Å². The molecule has 0 unspecified atom stereocenters. The van der Waals surface area contributed by atoms with Gasteiger partial charge in [0.1, 0.15) is 5.69 Å². The lowest BCUT2D eigenvalue weighted by Gasteiger charge is -2.32. The molecule has 0 bridgehead atoms. The topological polar surface area (TPSA) is 139 Å². The molecule has 5 N–H and O–H groups in total. The van der Waals surface area contributed by atoms with Crippen LogP contribution < -0.4 is 16.6 Å². The van der Waals surface area contributed by atoms with Crippen LogP contribution >= 0.6 is 0 Å². The number of nitrogens with two attached hydrogens (primary N) is 1. The first-order valence-electron chi connectivity index (χ1n) is 5.45. The largest absolute Gasteiger partial charge is 0.393 e. The van der Waals surface area contributed by atoms with Crippen LogP contribution in [0, 0.1) is 17.0 Å². The summed E-state index contributed by atoms with van der Waals surface area (Å²) in [6.45, 7) is 1.52. The Morgan fingerprint density at radius 2 is 2.17 bits per heavy atom. The van der Waals surface area contributed by atoms with E-state index >= 15 is 0 Å². The standard InChI is InChI=1S/C9H14N6O3/c1-4-7(15(17)18)8(13-9(11-4)14-10)12-5-2-6(16)3-5/h5-6,16H,2-3,10H2,1H3,(H2,11,12,13,14). The minimum Gasteiger partial charge on any atom is -0.393 e. The lowest BCUT2D eigenvalue weighted by Crippen LogP contribution is -2.39. The van der Waals surface area contributed by atoms with Gasteiger partial charge in [-0.2, -0.15) is 4.98 Å². The molecule has 1 aromatic rings. The fourth-order valence-corrected chi connectivity index (χ4v) is 1.85. The van der Waals surface area contributed by atoms with Crippen LogP contribution in [-0.2, 0) is 0 Å². The van der Waals surface area contributed by atoms with E-state index in [-0.39, 0.29) is 35.3 Å². The first kappa shape index (κ1) is 12.5. The summed E-state index contributed by atoms with van der Waals surface area (Å²) in [5.41, 5.74) is 2.31. The molecule has 0 aromatic carbocycles. The Balaban J connectivity index is 2.30. The molecule has 2 rings (SSSR count). The van der Waals surface area contributed by atoms with Crippen LogP contribution in [0.5, 0.6) is 0 Å². The van der Waals surface area contributed by atoms with Crippen molar-refractivity contribution in [2.24, 2.45) is 5.84 Å². The lowest BCUT2D eigenvalue weighted by molar-refractivity contribution is -0.385. The molecule has 1 aliphatic rings. The highest BCUT2D eigenvalue weighted by molar-refractivity contribution is 5.61. The highest BCUT2D eigenvalue weighted by Crippen LogP contribution is 2.30.